The average molecular weight is 341 g/mol. The third kappa shape index (κ3) is 4.07. The SMILES string of the molecule is Cc1cc(C)cc(CCC(=O)N2CCCn3nc(C(=O)O)cc3C2)c1. The molecule has 2 heterocycles. The van der Waals surface area contributed by atoms with Crippen LogP contribution in [0.2, 0.25) is 0 Å². The topological polar surface area (TPSA) is 75.4 Å². The third-order valence-corrected chi connectivity index (χ3v) is 4.49. The number of fused-ring (bicyclic) bond motifs is 1. The van der Waals surface area contributed by atoms with Gasteiger partial charge >= 0.3 is 5.97 Å². The highest BCUT2D eigenvalue weighted by Gasteiger charge is 2.22. The van der Waals surface area contributed by atoms with Crippen molar-refractivity contribution in [1.29, 1.82) is 0 Å². The quantitative estimate of drug-likeness (QED) is 0.927. The fourth-order valence-electron chi connectivity index (χ4n) is 3.40. The Hall–Kier alpha value is -2.63. The molecular formula is C19H23N3O3. The molecule has 6 nitrogen and oxygen atoms in total. The standard InChI is InChI=1S/C19H23N3O3/c1-13-8-14(2)10-15(9-13)4-5-18(23)21-6-3-7-22-16(12-21)11-17(20-22)19(24)25/h8-11H,3-7,12H2,1-2H3,(H,24,25). The van der Waals surface area contributed by atoms with Gasteiger partial charge in [-0.1, -0.05) is 29.3 Å². The molecule has 0 atom stereocenters. The van der Waals surface area contributed by atoms with Crippen LogP contribution in [0, 0.1) is 13.8 Å². The summed E-state index contributed by atoms with van der Waals surface area (Å²) in [6, 6.07) is 7.94. The van der Waals surface area contributed by atoms with Gasteiger partial charge in [0.05, 0.1) is 12.2 Å². The number of carbonyl (C=O) groups is 2. The molecule has 6 heteroatoms. The molecule has 0 radical (unpaired) electrons. The van der Waals surface area contributed by atoms with Crippen LogP contribution in [0.25, 0.3) is 0 Å². The first-order valence-electron chi connectivity index (χ1n) is 8.57. The van der Waals surface area contributed by atoms with Gasteiger partial charge in [0.25, 0.3) is 0 Å². The summed E-state index contributed by atoms with van der Waals surface area (Å²) in [5.41, 5.74) is 4.43. The normalized spacial score (nSPS) is 14.1. The van der Waals surface area contributed by atoms with Crippen molar-refractivity contribution in [3.8, 4) is 0 Å². The van der Waals surface area contributed by atoms with Crippen molar-refractivity contribution in [3.63, 3.8) is 0 Å². The molecule has 0 bridgehead atoms. The van der Waals surface area contributed by atoms with Crippen molar-refractivity contribution in [2.24, 2.45) is 0 Å². The van der Waals surface area contributed by atoms with Crippen LogP contribution in [0.3, 0.4) is 0 Å². The van der Waals surface area contributed by atoms with Crippen molar-refractivity contribution in [3.05, 3.63) is 52.3 Å². The Morgan fingerprint density at radius 2 is 1.84 bits per heavy atom. The molecule has 0 spiro atoms. The van der Waals surface area contributed by atoms with Gasteiger partial charge in [0.2, 0.25) is 5.91 Å². The predicted molar refractivity (Wildman–Crippen MR) is 93.5 cm³/mol. The number of nitrogens with zero attached hydrogens (tertiary/aromatic N) is 3. The molecule has 0 aliphatic carbocycles. The minimum Gasteiger partial charge on any atom is -0.476 e. The van der Waals surface area contributed by atoms with Crippen LogP contribution in [0.4, 0.5) is 0 Å². The van der Waals surface area contributed by atoms with Crippen LogP contribution >= 0.6 is 0 Å². The summed E-state index contributed by atoms with van der Waals surface area (Å²) in [4.78, 5) is 25.5. The molecule has 1 amide bonds. The lowest BCUT2D eigenvalue weighted by molar-refractivity contribution is -0.131. The van der Waals surface area contributed by atoms with Gasteiger partial charge in [-0.15, -0.1) is 0 Å². The molecule has 0 saturated heterocycles. The van der Waals surface area contributed by atoms with Crippen LogP contribution in [0.5, 0.6) is 0 Å². The molecule has 1 aromatic heterocycles. The minimum atomic E-state index is -1.03. The lowest BCUT2D eigenvalue weighted by Gasteiger charge is -2.20. The molecular weight excluding hydrogens is 318 g/mol. The Kier molecular flexibility index (Phi) is 4.88. The summed E-state index contributed by atoms with van der Waals surface area (Å²) >= 11 is 0. The summed E-state index contributed by atoms with van der Waals surface area (Å²) in [6.07, 6.45) is 1.96. The Bertz CT molecular complexity index is 790. The summed E-state index contributed by atoms with van der Waals surface area (Å²) in [6.45, 7) is 5.87. The van der Waals surface area contributed by atoms with Crippen molar-refractivity contribution in [1.82, 2.24) is 14.7 Å². The van der Waals surface area contributed by atoms with Crippen molar-refractivity contribution in [2.75, 3.05) is 6.54 Å². The predicted octanol–water partition coefficient (Wildman–Crippen LogP) is 2.56. The fraction of sp³-hybridized carbons (Fsp3) is 0.421. The lowest BCUT2D eigenvalue weighted by Crippen LogP contribution is -2.30. The number of carboxylic acids is 1. The smallest absolute Gasteiger partial charge is 0.356 e. The van der Waals surface area contributed by atoms with Gasteiger partial charge in [-0.25, -0.2) is 4.79 Å². The summed E-state index contributed by atoms with van der Waals surface area (Å²) < 4.78 is 1.71. The molecule has 1 aliphatic rings. The summed E-state index contributed by atoms with van der Waals surface area (Å²) in [5, 5.41) is 13.2. The van der Waals surface area contributed by atoms with Crippen LogP contribution in [0.15, 0.2) is 24.3 Å². The number of aromatic carboxylic acids is 1. The Labute approximate surface area is 147 Å². The van der Waals surface area contributed by atoms with E-state index in [0.29, 0.717) is 26.1 Å². The number of amides is 1. The van der Waals surface area contributed by atoms with E-state index in [-0.39, 0.29) is 11.6 Å². The average Bonchev–Trinajstić information content (AvgIpc) is 2.84. The molecule has 1 aliphatic heterocycles. The number of hydrogen-bond acceptors (Lipinski definition) is 3. The van der Waals surface area contributed by atoms with Gasteiger partial charge in [-0.05, 0) is 38.3 Å². The second-order valence-electron chi connectivity index (χ2n) is 6.71. The number of aryl methyl sites for hydroxylation is 4. The first kappa shape index (κ1) is 17.2. The first-order valence-corrected chi connectivity index (χ1v) is 8.57. The van der Waals surface area contributed by atoms with Crippen LogP contribution in [-0.4, -0.2) is 38.2 Å². The number of hydrogen-bond donors (Lipinski definition) is 1. The Balaban J connectivity index is 1.66. The number of benzene rings is 1. The van der Waals surface area contributed by atoms with E-state index in [1.54, 1.807) is 10.7 Å². The summed E-state index contributed by atoms with van der Waals surface area (Å²) in [7, 11) is 0. The van der Waals surface area contributed by atoms with E-state index in [2.05, 4.69) is 37.1 Å². The van der Waals surface area contributed by atoms with Gasteiger partial charge in [0, 0.05) is 19.5 Å². The van der Waals surface area contributed by atoms with Crippen LogP contribution in [0.1, 0.15) is 45.7 Å². The lowest BCUT2D eigenvalue weighted by atomic mass is 10.0. The number of carboxylic acid groups (broad SMARTS) is 1. The highest BCUT2D eigenvalue weighted by atomic mass is 16.4. The molecule has 1 N–H and O–H groups in total. The number of carbonyl (C=O) groups excluding carboxylic acids is 1. The highest BCUT2D eigenvalue weighted by Crippen LogP contribution is 2.16. The minimum absolute atomic E-state index is 0.0412. The zero-order valence-electron chi connectivity index (χ0n) is 14.7. The monoisotopic (exact) mass is 341 g/mol. The van der Waals surface area contributed by atoms with Crippen molar-refractivity contribution >= 4 is 11.9 Å². The van der Waals surface area contributed by atoms with Gasteiger partial charge in [-0.3, -0.25) is 9.48 Å². The largest absolute Gasteiger partial charge is 0.476 e. The third-order valence-electron chi connectivity index (χ3n) is 4.49. The second kappa shape index (κ2) is 7.09. The zero-order chi connectivity index (χ0) is 18.0. The fourth-order valence-corrected chi connectivity index (χ4v) is 3.40. The van der Waals surface area contributed by atoms with E-state index in [1.165, 1.54) is 16.7 Å². The molecule has 1 aromatic carbocycles. The maximum absolute atomic E-state index is 12.6. The van der Waals surface area contributed by atoms with E-state index in [1.807, 2.05) is 4.90 Å². The van der Waals surface area contributed by atoms with Gasteiger partial charge in [0.15, 0.2) is 5.69 Å². The molecule has 132 valence electrons. The Morgan fingerprint density at radius 3 is 2.52 bits per heavy atom. The van der Waals surface area contributed by atoms with E-state index >= 15 is 0 Å². The van der Waals surface area contributed by atoms with E-state index in [4.69, 9.17) is 5.11 Å². The molecule has 0 unspecified atom stereocenters. The molecule has 0 fully saturated rings. The van der Waals surface area contributed by atoms with Crippen LogP contribution in [-0.2, 0) is 24.3 Å². The number of aromatic nitrogens is 2. The second-order valence-corrected chi connectivity index (χ2v) is 6.71. The summed E-state index contributed by atoms with van der Waals surface area (Å²) in [5.74, 6) is -0.932. The number of rotatable bonds is 4. The Morgan fingerprint density at radius 1 is 1.12 bits per heavy atom. The molecule has 3 rings (SSSR count). The molecule has 25 heavy (non-hydrogen) atoms. The molecule has 0 saturated carbocycles. The maximum atomic E-state index is 12.6. The van der Waals surface area contributed by atoms with Crippen LogP contribution < -0.4 is 0 Å². The van der Waals surface area contributed by atoms with Gasteiger partial charge < -0.3 is 10.0 Å². The van der Waals surface area contributed by atoms with Gasteiger partial charge in [-0.2, -0.15) is 5.10 Å². The van der Waals surface area contributed by atoms with Crippen molar-refractivity contribution in [2.45, 2.75) is 46.2 Å². The van der Waals surface area contributed by atoms with Crippen molar-refractivity contribution < 1.29 is 14.7 Å². The first-order chi connectivity index (χ1) is 11.9. The molecule has 2 aromatic rings. The maximum Gasteiger partial charge on any atom is 0.356 e. The highest BCUT2D eigenvalue weighted by molar-refractivity contribution is 5.85. The van der Waals surface area contributed by atoms with E-state index in [9.17, 15) is 9.59 Å². The van der Waals surface area contributed by atoms with E-state index < -0.39 is 5.97 Å². The zero-order valence-corrected chi connectivity index (χ0v) is 14.7. The van der Waals surface area contributed by atoms with E-state index in [0.717, 1.165) is 18.5 Å². The van der Waals surface area contributed by atoms with Gasteiger partial charge in [0.1, 0.15) is 0 Å².